The quantitative estimate of drug-likeness (QED) is 0.845. The number of hydrogen-bond donors (Lipinski definition) is 0. The molecule has 1 aromatic carbocycles. The van der Waals surface area contributed by atoms with Gasteiger partial charge in [-0.05, 0) is 25.3 Å². The average molecular weight is 255 g/mol. The van der Waals surface area contributed by atoms with Gasteiger partial charge in [0.2, 0.25) is 0 Å². The summed E-state index contributed by atoms with van der Waals surface area (Å²) in [7, 11) is 0. The van der Waals surface area contributed by atoms with Gasteiger partial charge >= 0.3 is 6.03 Å². The van der Waals surface area contributed by atoms with Crippen LogP contribution >= 0.6 is 0 Å². The molecule has 98 valence electrons. The molecule has 0 aliphatic heterocycles. The molecule has 4 nitrogen and oxygen atoms in total. The average Bonchev–Trinajstić information content (AvgIpc) is 3.11. The van der Waals surface area contributed by atoms with E-state index >= 15 is 0 Å². The van der Waals surface area contributed by atoms with E-state index in [0.717, 1.165) is 12.8 Å². The number of amides is 1. The van der Waals surface area contributed by atoms with Gasteiger partial charge in [0.15, 0.2) is 0 Å². The van der Waals surface area contributed by atoms with Crippen molar-refractivity contribution in [2.45, 2.75) is 32.4 Å². The molecular weight excluding hydrogens is 238 g/mol. The van der Waals surface area contributed by atoms with Gasteiger partial charge in [0.1, 0.15) is 6.33 Å². The van der Waals surface area contributed by atoms with Crippen LogP contribution in [0, 0.1) is 6.92 Å². The highest BCUT2D eigenvalue weighted by atomic mass is 16.2. The fourth-order valence-electron chi connectivity index (χ4n) is 2.15. The second-order valence-electron chi connectivity index (χ2n) is 5.10. The number of aromatic nitrogens is 2. The van der Waals surface area contributed by atoms with Gasteiger partial charge in [-0.2, -0.15) is 0 Å². The molecule has 0 atom stereocenters. The van der Waals surface area contributed by atoms with Crippen molar-refractivity contribution < 1.29 is 4.79 Å². The van der Waals surface area contributed by atoms with Gasteiger partial charge in [-0.15, -0.1) is 0 Å². The van der Waals surface area contributed by atoms with Crippen molar-refractivity contribution in [3.63, 3.8) is 0 Å². The van der Waals surface area contributed by atoms with Crippen LogP contribution in [0.15, 0.2) is 43.0 Å². The first kappa shape index (κ1) is 12.0. The first-order chi connectivity index (χ1) is 9.24. The number of carbonyl (C=O) groups is 1. The lowest BCUT2D eigenvalue weighted by Gasteiger charge is -2.22. The normalized spacial score (nSPS) is 14.4. The summed E-state index contributed by atoms with van der Waals surface area (Å²) in [4.78, 5) is 18.3. The van der Waals surface area contributed by atoms with E-state index in [1.165, 1.54) is 11.1 Å². The predicted molar refractivity (Wildman–Crippen MR) is 72.8 cm³/mol. The maximum absolute atomic E-state index is 12.4. The summed E-state index contributed by atoms with van der Waals surface area (Å²) in [5.74, 6) is 0. The predicted octanol–water partition coefficient (Wildman–Crippen LogP) is 2.82. The Hall–Kier alpha value is -2.10. The molecule has 0 spiro atoms. The zero-order valence-corrected chi connectivity index (χ0v) is 11.0. The molecule has 1 amide bonds. The van der Waals surface area contributed by atoms with Gasteiger partial charge in [-0.3, -0.25) is 4.57 Å². The number of hydrogen-bond acceptors (Lipinski definition) is 2. The molecule has 1 heterocycles. The smallest absolute Gasteiger partial charge is 0.317 e. The molecule has 0 bridgehead atoms. The maximum atomic E-state index is 12.4. The number of benzene rings is 1. The van der Waals surface area contributed by atoms with E-state index in [0.29, 0.717) is 12.6 Å². The Morgan fingerprint density at radius 1 is 1.37 bits per heavy atom. The largest absolute Gasteiger partial charge is 0.329 e. The van der Waals surface area contributed by atoms with E-state index in [2.05, 4.69) is 36.2 Å². The topological polar surface area (TPSA) is 38.1 Å². The Balaban J connectivity index is 1.78. The summed E-state index contributed by atoms with van der Waals surface area (Å²) in [5.41, 5.74) is 2.41. The maximum Gasteiger partial charge on any atom is 0.329 e. The van der Waals surface area contributed by atoms with Gasteiger partial charge in [-0.25, -0.2) is 9.78 Å². The highest BCUT2D eigenvalue weighted by Crippen LogP contribution is 2.29. The van der Waals surface area contributed by atoms with Gasteiger partial charge in [0.05, 0.1) is 0 Å². The SMILES string of the molecule is Cc1ccc(CN(C(=O)n2ccnc2)C2CC2)cc1. The van der Waals surface area contributed by atoms with E-state index < -0.39 is 0 Å². The number of nitrogens with zero attached hydrogens (tertiary/aromatic N) is 3. The van der Waals surface area contributed by atoms with Crippen LogP contribution in [0.5, 0.6) is 0 Å². The van der Waals surface area contributed by atoms with Crippen molar-refractivity contribution in [1.29, 1.82) is 0 Å². The second kappa shape index (κ2) is 4.88. The third-order valence-electron chi connectivity index (χ3n) is 3.43. The van der Waals surface area contributed by atoms with Crippen molar-refractivity contribution >= 4 is 6.03 Å². The molecule has 1 aromatic heterocycles. The summed E-state index contributed by atoms with van der Waals surface area (Å²) >= 11 is 0. The first-order valence-electron chi connectivity index (χ1n) is 6.58. The Bertz CT molecular complexity index is 556. The van der Waals surface area contributed by atoms with E-state index in [9.17, 15) is 4.79 Å². The lowest BCUT2D eigenvalue weighted by atomic mass is 10.1. The van der Waals surface area contributed by atoms with E-state index in [1.807, 2.05) is 4.90 Å². The fraction of sp³-hybridized carbons (Fsp3) is 0.333. The molecule has 1 saturated carbocycles. The molecule has 0 N–H and O–H groups in total. The number of carbonyl (C=O) groups excluding carboxylic acids is 1. The Labute approximate surface area is 112 Å². The standard InChI is InChI=1S/C15H17N3O/c1-12-2-4-13(5-3-12)10-18(14-6-7-14)15(19)17-9-8-16-11-17/h2-5,8-9,11,14H,6-7,10H2,1H3. The number of aryl methyl sites for hydroxylation is 1. The molecule has 2 aromatic rings. The van der Waals surface area contributed by atoms with Gasteiger partial charge < -0.3 is 4.90 Å². The van der Waals surface area contributed by atoms with Crippen LogP contribution in [0.3, 0.4) is 0 Å². The lowest BCUT2D eigenvalue weighted by molar-refractivity contribution is 0.193. The fourth-order valence-corrected chi connectivity index (χ4v) is 2.15. The third-order valence-corrected chi connectivity index (χ3v) is 3.43. The molecule has 4 heteroatoms. The monoisotopic (exact) mass is 255 g/mol. The van der Waals surface area contributed by atoms with Crippen LogP contribution in [0.1, 0.15) is 24.0 Å². The Morgan fingerprint density at radius 2 is 2.11 bits per heavy atom. The van der Waals surface area contributed by atoms with Crippen molar-refractivity contribution in [3.8, 4) is 0 Å². The summed E-state index contributed by atoms with van der Waals surface area (Å²) in [6.07, 6.45) is 7.10. The van der Waals surface area contributed by atoms with Crippen LogP contribution in [0.25, 0.3) is 0 Å². The van der Waals surface area contributed by atoms with Crippen LogP contribution in [-0.2, 0) is 6.54 Å². The van der Waals surface area contributed by atoms with Gasteiger partial charge in [0.25, 0.3) is 0 Å². The van der Waals surface area contributed by atoms with E-state index in [1.54, 1.807) is 23.3 Å². The van der Waals surface area contributed by atoms with E-state index in [-0.39, 0.29) is 6.03 Å². The highest BCUT2D eigenvalue weighted by molar-refractivity contribution is 5.77. The summed E-state index contributed by atoms with van der Waals surface area (Å²) in [6.45, 7) is 2.74. The molecule has 0 saturated heterocycles. The van der Waals surface area contributed by atoms with E-state index in [4.69, 9.17) is 0 Å². The minimum atomic E-state index is 0.0144. The first-order valence-corrected chi connectivity index (χ1v) is 6.58. The van der Waals surface area contributed by atoms with Crippen molar-refractivity contribution in [1.82, 2.24) is 14.5 Å². The van der Waals surface area contributed by atoms with Crippen molar-refractivity contribution in [2.75, 3.05) is 0 Å². The van der Waals surface area contributed by atoms with Crippen LogP contribution < -0.4 is 0 Å². The minimum absolute atomic E-state index is 0.0144. The van der Waals surface area contributed by atoms with Crippen LogP contribution in [-0.4, -0.2) is 26.5 Å². The van der Waals surface area contributed by atoms with Crippen molar-refractivity contribution in [2.24, 2.45) is 0 Å². The highest BCUT2D eigenvalue weighted by Gasteiger charge is 2.33. The molecule has 0 radical (unpaired) electrons. The lowest BCUT2D eigenvalue weighted by Crippen LogP contribution is -2.35. The summed E-state index contributed by atoms with van der Waals surface area (Å²) in [5, 5.41) is 0. The van der Waals surface area contributed by atoms with Gasteiger partial charge in [0, 0.05) is 25.0 Å². The summed E-state index contributed by atoms with van der Waals surface area (Å²) in [6, 6.07) is 8.75. The number of imidazole rings is 1. The minimum Gasteiger partial charge on any atom is -0.317 e. The third kappa shape index (κ3) is 2.67. The molecular formula is C15H17N3O. The number of rotatable bonds is 3. The van der Waals surface area contributed by atoms with Crippen LogP contribution in [0.4, 0.5) is 4.79 Å². The summed E-state index contributed by atoms with van der Waals surface area (Å²) < 4.78 is 1.55. The zero-order valence-electron chi connectivity index (χ0n) is 11.0. The molecule has 3 rings (SSSR count). The second-order valence-corrected chi connectivity index (χ2v) is 5.10. The van der Waals surface area contributed by atoms with Crippen molar-refractivity contribution in [3.05, 3.63) is 54.1 Å². The van der Waals surface area contributed by atoms with Crippen LogP contribution in [0.2, 0.25) is 0 Å². The molecule has 1 aliphatic carbocycles. The van der Waals surface area contributed by atoms with Gasteiger partial charge in [-0.1, -0.05) is 29.8 Å². The Morgan fingerprint density at radius 3 is 2.68 bits per heavy atom. The molecule has 19 heavy (non-hydrogen) atoms. The molecule has 0 unspecified atom stereocenters. The zero-order chi connectivity index (χ0) is 13.2. The molecule has 1 fully saturated rings. The Kier molecular flexibility index (Phi) is 3.07. The molecule has 1 aliphatic rings.